The van der Waals surface area contributed by atoms with Gasteiger partial charge < -0.3 is 38.6 Å². The fraction of sp³-hybridized carbons (Fsp3) is 0.658. The van der Waals surface area contributed by atoms with Crippen LogP contribution < -0.4 is 34.9 Å². The Balaban J connectivity index is -0.000000213. The van der Waals surface area contributed by atoms with Gasteiger partial charge >= 0.3 is 29.6 Å². The summed E-state index contributed by atoms with van der Waals surface area (Å²) in [5.41, 5.74) is 2.97. The van der Waals surface area contributed by atoms with Crippen LogP contribution in [-0.2, 0) is 17.6 Å². The van der Waals surface area contributed by atoms with Crippen LogP contribution in [0.3, 0.4) is 0 Å². The second-order valence-electron chi connectivity index (χ2n) is 13.2. The number of nitrogens with zero attached hydrogens (tertiary/aromatic N) is 3. The number of hydrogen-bond donors (Lipinski definition) is 4. The van der Waals surface area contributed by atoms with E-state index in [1.165, 1.54) is 111 Å². The molecule has 6 rings (SSSR count). The van der Waals surface area contributed by atoms with Crippen molar-refractivity contribution in [3.63, 3.8) is 0 Å². The van der Waals surface area contributed by atoms with Crippen molar-refractivity contribution < 1.29 is 188 Å². The predicted molar refractivity (Wildman–Crippen MR) is 216 cm³/mol. The molecule has 294 valence electrons. The molecule has 16 heteroatoms. The quantitative estimate of drug-likeness (QED) is 0.204. The van der Waals surface area contributed by atoms with E-state index in [0.29, 0.717) is 5.78 Å². The first-order valence-electron chi connectivity index (χ1n) is 18.1. The number of likely N-dealkylation sites (tertiary alicyclic amines) is 3. The SMILES string of the molecule is Brc1ccc(CC2CCNCC2)cc1.CC.CN1CCC(=O)CC1.CN1CCC(N2CCC(Cc3ccc(Br)cc3)CC2)CC1.O.OO.[Ac].[Ac].[Ac].[B-]O.[Na+]. The molecule has 0 atom stereocenters. The zero-order valence-corrected chi connectivity index (χ0v) is 53.1. The zero-order chi connectivity index (χ0) is 36.4. The van der Waals surface area contributed by atoms with Gasteiger partial charge in [0.15, 0.2) is 0 Å². The monoisotopic (exact) mass is 1530 g/mol. The molecule has 4 aliphatic rings. The summed E-state index contributed by atoms with van der Waals surface area (Å²) >= 11 is 6.98. The van der Waals surface area contributed by atoms with Gasteiger partial charge in [0, 0.05) is 173 Å². The first-order chi connectivity index (χ1) is 23.8. The summed E-state index contributed by atoms with van der Waals surface area (Å²) in [5, 5.41) is 21.9. The second kappa shape index (κ2) is 43.8. The van der Waals surface area contributed by atoms with Crippen molar-refractivity contribution in [3.8, 4) is 0 Å². The van der Waals surface area contributed by atoms with Crippen molar-refractivity contribution in [2.75, 3.05) is 66.5 Å². The predicted octanol–water partition coefficient (Wildman–Crippen LogP) is 3.36. The normalized spacial score (nSPS) is 17.8. The molecule has 54 heavy (non-hydrogen) atoms. The average molecular weight is 1530 g/mol. The van der Waals surface area contributed by atoms with Crippen LogP contribution in [0.2, 0.25) is 0 Å². The van der Waals surface area contributed by atoms with Gasteiger partial charge in [-0.05, 0) is 152 Å². The maximum atomic E-state index is 10.6. The fourth-order valence-electron chi connectivity index (χ4n) is 6.74. The third kappa shape index (κ3) is 31.1. The van der Waals surface area contributed by atoms with E-state index in [2.05, 4.69) is 116 Å². The van der Waals surface area contributed by atoms with Gasteiger partial charge in [0.2, 0.25) is 0 Å². The van der Waals surface area contributed by atoms with Crippen molar-refractivity contribution in [1.29, 1.82) is 0 Å². The summed E-state index contributed by atoms with van der Waals surface area (Å²) < 4.78 is 2.36. The van der Waals surface area contributed by atoms with Crippen molar-refractivity contribution in [3.05, 3.63) is 68.6 Å². The number of carbonyl (C=O) groups excluding carboxylic acids is 1. The molecule has 0 spiro atoms. The van der Waals surface area contributed by atoms with Gasteiger partial charge in [0.05, 0.1) is 0 Å². The first-order valence-corrected chi connectivity index (χ1v) is 19.7. The van der Waals surface area contributed by atoms with Crippen molar-refractivity contribution >= 4 is 45.7 Å². The molecule has 4 heterocycles. The molecule has 0 saturated carbocycles. The van der Waals surface area contributed by atoms with Crippen LogP contribution in [0, 0.1) is 144 Å². The number of rotatable bonds is 5. The van der Waals surface area contributed by atoms with Crippen LogP contribution in [0.1, 0.15) is 76.3 Å². The summed E-state index contributed by atoms with van der Waals surface area (Å²) in [6.45, 7) is 13.5. The third-order valence-corrected chi connectivity index (χ3v) is 10.8. The van der Waals surface area contributed by atoms with Crippen LogP contribution >= 0.6 is 31.9 Å². The van der Waals surface area contributed by atoms with Gasteiger partial charge in [-0.25, -0.2) is 0 Å². The van der Waals surface area contributed by atoms with Crippen molar-refractivity contribution in [1.82, 2.24) is 20.0 Å². The van der Waals surface area contributed by atoms with Crippen LogP contribution in [0.25, 0.3) is 0 Å². The summed E-state index contributed by atoms with van der Waals surface area (Å²) in [4.78, 5) is 18.0. The number of hydrogen-bond acceptors (Lipinski definition) is 8. The van der Waals surface area contributed by atoms with Gasteiger partial charge in [-0.15, -0.1) is 0 Å². The number of piperidine rings is 4. The molecule has 0 unspecified atom stereocenters. The Bertz CT molecular complexity index is 1100. The van der Waals surface area contributed by atoms with E-state index in [0.717, 1.165) is 43.8 Å². The number of Topliss-reactive ketones (excluding diaryl/α,β-unsaturated/α-hetero) is 1. The molecular formula is C38H65Ac3BBr2N4NaO5. The van der Waals surface area contributed by atoms with E-state index >= 15 is 0 Å². The van der Waals surface area contributed by atoms with Crippen LogP contribution in [0.15, 0.2) is 57.5 Å². The maximum Gasteiger partial charge on any atom is 1.00 e. The number of nitrogens with one attached hydrogen (secondary N) is 1. The Morgan fingerprint density at radius 1 is 0.648 bits per heavy atom. The molecular weight excluding hydrogens is 1470 g/mol. The zero-order valence-electron chi connectivity index (χ0n) is 33.7. The van der Waals surface area contributed by atoms with Gasteiger partial charge in [-0.1, -0.05) is 70.0 Å². The van der Waals surface area contributed by atoms with E-state index in [9.17, 15) is 4.79 Å². The molecule has 0 bridgehead atoms. The molecule has 9 nitrogen and oxygen atoms in total. The third-order valence-electron chi connectivity index (χ3n) is 9.73. The van der Waals surface area contributed by atoms with Crippen LogP contribution in [-0.4, -0.2) is 122 Å². The molecule has 4 aliphatic heterocycles. The number of carbonyl (C=O) groups is 1. The van der Waals surface area contributed by atoms with Crippen molar-refractivity contribution in [2.45, 2.75) is 84.1 Å². The second-order valence-corrected chi connectivity index (χ2v) is 15.0. The average Bonchev–Trinajstić information content (AvgIpc) is 3.16. The summed E-state index contributed by atoms with van der Waals surface area (Å²) in [6.07, 6.45) is 12.2. The maximum absolute atomic E-state index is 10.6. The number of ketones is 1. The molecule has 2 aromatic rings. The molecule has 6 radical (unpaired) electrons. The Morgan fingerprint density at radius 3 is 1.37 bits per heavy atom. The minimum Gasteiger partial charge on any atom is -0.715 e. The Hall–Kier alpha value is 4.14. The van der Waals surface area contributed by atoms with E-state index in [1.54, 1.807) is 0 Å². The number of benzene rings is 2. The van der Waals surface area contributed by atoms with Crippen LogP contribution in [0.5, 0.6) is 0 Å². The molecule has 6 N–H and O–H groups in total. The van der Waals surface area contributed by atoms with Gasteiger partial charge in [-0.3, -0.25) is 15.3 Å². The molecule has 4 saturated heterocycles. The van der Waals surface area contributed by atoms with Gasteiger partial charge in [0.25, 0.3) is 0 Å². The van der Waals surface area contributed by atoms with E-state index in [4.69, 9.17) is 15.5 Å². The summed E-state index contributed by atoms with van der Waals surface area (Å²) in [5.74, 6) is 2.19. The number of halogens is 2. The minimum atomic E-state index is 0. The fourth-order valence-corrected chi connectivity index (χ4v) is 7.27. The van der Waals surface area contributed by atoms with Crippen molar-refractivity contribution in [2.24, 2.45) is 11.8 Å². The van der Waals surface area contributed by atoms with E-state index < -0.39 is 0 Å². The Kier molecular flexibility index (Phi) is 54.5. The molecule has 0 aliphatic carbocycles. The smallest absolute Gasteiger partial charge is 0.715 e. The Morgan fingerprint density at radius 2 is 1.00 bits per heavy atom. The molecule has 0 amide bonds. The largest absolute Gasteiger partial charge is 1.00 e. The Labute approximate surface area is 475 Å². The summed E-state index contributed by atoms with van der Waals surface area (Å²) in [7, 11) is 7.80. The topological polar surface area (TPSA) is 131 Å². The van der Waals surface area contributed by atoms with Gasteiger partial charge in [-0.2, -0.15) is 0 Å². The summed E-state index contributed by atoms with van der Waals surface area (Å²) in [6, 6.07) is 18.5. The van der Waals surface area contributed by atoms with Gasteiger partial charge in [0.1, 0.15) is 5.78 Å². The standard InChI is InChI=1S/C18H27BrN2.C12H16BrN.C6H11NO.C2H6.3Ac.BHO.Na.H2O2.H2O/c1-20-10-8-18(9-11-20)21-12-6-16(7-13-21)14-15-2-4-17(19)5-3-15;13-12-3-1-10(2-4-12)9-11-5-7-14-8-6-11;1-7-4-2-6(8)3-5-7;1-2;;;;1-2;;1-2;/h2-5,16,18H,6-14H2,1H3;1-4,11,14H,5-9H2;2-5H2,1H3;1-2H3;;;;2H;;1-2H;1H2/q;;;;;;;-1;+1;;. The van der Waals surface area contributed by atoms with E-state index in [1.807, 2.05) is 20.9 Å². The minimum absolute atomic E-state index is 0. The molecule has 0 aromatic heterocycles. The molecule has 4 fully saturated rings. The first kappa shape index (κ1) is 67.2. The molecule has 2 aromatic carbocycles. The van der Waals surface area contributed by atoms with E-state index in [-0.39, 0.29) is 167 Å². The van der Waals surface area contributed by atoms with Crippen LogP contribution in [0.4, 0.5) is 0 Å².